The zero-order valence-corrected chi connectivity index (χ0v) is 16.7. The third-order valence-electron chi connectivity index (χ3n) is 4.32. The molecule has 8 heteroatoms. The highest BCUT2D eigenvalue weighted by Gasteiger charge is 2.20. The Morgan fingerprint density at radius 2 is 1.90 bits per heavy atom. The number of nitrogens with one attached hydrogen (secondary N) is 1. The van der Waals surface area contributed by atoms with Crippen LogP contribution in [0.5, 0.6) is 5.75 Å². The van der Waals surface area contributed by atoms with Gasteiger partial charge in [-0.1, -0.05) is 18.2 Å². The Balaban J connectivity index is 1.77. The number of nitrogens with zero attached hydrogens (tertiary/aromatic N) is 1. The minimum Gasteiger partial charge on any atom is -0.494 e. The lowest BCUT2D eigenvalue weighted by Gasteiger charge is -2.11. The molecule has 2 rings (SSSR count). The van der Waals surface area contributed by atoms with Gasteiger partial charge >= 0.3 is 5.97 Å². The molecule has 2 aromatic rings. The number of carbonyl (C=O) groups is 2. The van der Waals surface area contributed by atoms with E-state index in [4.69, 9.17) is 9.47 Å². The molecule has 0 bridgehead atoms. The van der Waals surface area contributed by atoms with Crippen LogP contribution in [0.15, 0.2) is 36.4 Å². The number of aryl methyl sites for hydroxylation is 2. The summed E-state index contributed by atoms with van der Waals surface area (Å²) < 4.78 is 10.5. The van der Waals surface area contributed by atoms with E-state index in [1.165, 1.54) is 6.07 Å². The van der Waals surface area contributed by atoms with Crippen LogP contribution < -0.4 is 10.1 Å². The summed E-state index contributed by atoms with van der Waals surface area (Å²) >= 11 is 0. The van der Waals surface area contributed by atoms with E-state index < -0.39 is 23.4 Å². The van der Waals surface area contributed by atoms with E-state index in [0.717, 1.165) is 16.9 Å². The van der Waals surface area contributed by atoms with Crippen molar-refractivity contribution in [1.82, 2.24) is 0 Å². The first kappa shape index (κ1) is 21.9. The molecule has 0 saturated heterocycles. The van der Waals surface area contributed by atoms with Crippen molar-refractivity contribution in [2.45, 2.75) is 33.6 Å². The monoisotopic (exact) mass is 400 g/mol. The molecule has 0 heterocycles. The second-order valence-electron chi connectivity index (χ2n) is 6.64. The van der Waals surface area contributed by atoms with Gasteiger partial charge in [-0.3, -0.25) is 19.7 Å². The zero-order chi connectivity index (χ0) is 21.4. The van der Waals surface area contributed by atoms with Gasteiger partial charge in [0.1, 0.15) is 11.4 Å². The van der Waals surface area contributed by atoms with Gasteiger partial charge in [0, 0.05) is 12.5 Å². The second kappa shape index (κ2) is 10.2. The fourth-order valence-electron chi connectivity index (χ4n) is 2.62. The fourth-order valence-corrected chi connectivity index (χ4v) is 2.62. The molecule has 0 spiro atoms. The minimum absolute atomic E-state index is 0.0999. The van der Waals surface area contributed by atoms with E-state index in [0.29, 0.717) is 18.6 Å². The van der Waals surface area contributed by atoms with Gasteiger partial charge in [-0.05, 0) is 56.0 Å². The highest BCUT2D eigenvalue weighted by Crippen LogP contribution is 2.30. The van der Waals surface area contributed by atoms with Gasteiger partial charge in [-0.25, -0.2) is 0 Å². The van der Waals surface area contributed by atoms with Crippen LogP contribution >= 0.6 is 0 Å². The third-order valence-corrected chi connectivity index (χ3v) is 4.32. The van der Waals surface area contributed by atoms with Gasteiger partial charge in [0.25, 0.3) is 11.6 Å². The number of hydrogen-bond acceptors (Lipinski definition) is 6. The molecule has 0 aliphatic carbocycles. The molecule has 154 valence electrons. The molecule has 1 amide bonds. The molecule has 0 atom stereocenters. The molecule has 0 aliphatic heterocycles. The Kier molecular flexibility index (Phi) is 7.70. The highest BCUT2D eigenvalue weighted by atomic mass is 16.6. The van der Waals surface area contributed by atoms with Crippen LogP contribution in [0, 0.1) is 30.9 Å². The highest BCUT2D eigenvalue weighted by molar-refractivity contribution is 5.96. The Hall–Kier alpha value is -3.42. The smallest absolute Gasteiger partial charge is 0.306 e. The first-order chi connectivity index (χ1) is 13.8. The molecule has 0 radical (unpaired) electrons. The Morgan fingerprint density at radius 1 is 1.14 bits per heavy atom. The van der Waals surface area contributed by atoms with Gasteiger partial charge in [0.2, 0.25) is 0 Å². The molecule has 29 heavy (non-hydrogen) atoms. The Labute approximate surface area is 169 Å². The lowest BCUT2D eigenvalue weighted by Crippen LogP contribution is -2.22. The van der Waals surface area contributed by atoms with Crippen molar-refractivity contribution in [2.24, 2.45) is 0 Å². The third kappa shape index (κ3) is 6.60. The van der Waals surface area contributed by atoms with Gasteiger partial charge in [-0.2, -0.15) is 0 Å². The van der Waals surface area contributed by atoms with Gasteiger partial charge < -0.3 is 14.8 Å². The minimum atomic E-state index is -0.633. The average molecular weight is 400 g/mol. The van der Waals surface area contributed by atoms with Gasteiger partial charge in [0.15, 0.2) is 6.61 Å². The summed E-state index contributed by atoms with van der Waals surface area (Å²) in [7, 11) is 0. The number of rotatable bonds is 9. The van der Waals surface area contributed by atoms with E-state index in [1.807, 2.05) is 31.2 Å². The molecule has 0 unspecified atom stereocenters. The van der Waals surface area contributed by atoms with Crippen LogP contribution in [0.4, 0.5) is 11.4 Å². The number of hydrogen-bond donors (Lipinski definition) is 1. The molecule has 2 aromatic carbocycles. The van der Waals surface area contributed by atoms with Crippen molar-refractivity contribution in [3.05, 3.63) is 63.2 Å². The first-order valence-corrected chi connectivity index (χ1v) is 9.17. The van der Waals surface area contributed by atoms with Gasteiger partial charge in [0.05, 0.1) is 11.5 Å². The summed E-state index contributed by atoms with van der Waals surface area (Å²) in [6, 6.07) is 10.5. The zero-order valence-electron chi connectivity index (χ0n) is 16.7. The number of carbonyl (C=O) groups excluding carboxylic acids is 2. The van der Waals surface area contributed by atoms with Crippen LogP contribution in [0.2, 0.25) is 0 Å². The normalized spacial score (nSPS) is 10.3. The SMILES string of the molecule is Cc1cccc(OCCCC(=O)OCC(=O)Nc2c([N+](=O)[O-])ccc(C)c2C)c1. The van der Waals surface area contributed by atoms with Crippen LogP contribution in [-0.4, -0.2) is 30.0 Å². The number of anilines is 1. The topological polar surface area (TPSA) is 108 Å². The maximum Gasteiger partial charge on any atom is 0.306 e. The van der Waals surface area contributed by atoms with Crippen molar-refractivity contribution < 1.29 is 24.0 Å². The van der Waals surface area contributed by atoms with Crippen LogP contribution in [0.3, 0.4) is 0 Å². The summed E-state index contributed by atoms with van der Waals surface area (Å²) in [5, 5.41) is 13.6. The fraction of sp³-hybridized carbons (Fsp3) is 0.333. The second-order valence-corrected chi connectivity index (χ2v) is 6.64. The van der Waals surface area contributed by atoms with E-state index in [2.05, 4.69) is 5.32 Å². The van der Waals surface area contributed by atoms with Crippen molar-refractivity contribution in [1.29, 1.82) is 0 Å². The van der Waals surface area contributed by atoms with Crippen LogP contribution in [0.1, 0.15) is 29.5 Å². The largest absolute Gasteiger partial charge is 0.494 e. The quantitative estimate of drug-likeness (QED) is 0.296. The van der Waals surface area contributed by atoms with Gasteiger partial charge in [-0.15, -0.1) is 0 Å². The van der Waals surface area contributed by atoms with Crippen LogP contribution in [0.25, 0.3) is 0 Å². The molecule has 0 fully saturated rings. The molecule has 0 aromatic heterocycles. The van der Waals surface area contributed by atoms with Crippen molar-refractivity contribution in [3.8, 4) is 5.75 Å². The van der Waals surface area contributed by atoms with Crippen LogP contribution in [-0.2, 0) is 14.3 Å². The van der Waals surface area contributed by atoms with E-state index in [-0.39, 0.29) is 17.8 Å². The number of nitro benzene ring substituents is 1. The number of amides is 1. The van der Waals surface area contributed by atoms with Crippen molar-refractivity contribution >= 4 is 23.3 Å². The molecule has 0 aliphatic rings. The molecular formula is C21H24N2O6. The van der Waals surface area contributed by atoms with Crippen molar-refractivity contribution in [3.63, 3.8) is 0 Å². The summed E-state index contributed by atoms with van der Waals surface area (Å²) in [5.41, 5.74) is 2.38. The standard InChI is InChI=1S/C21H24N2O6/c1-14-6-4-7-17(12-14)28-11-5-8-20(25)29-13-19(24)22-21-16(3)15(2)9-10-18(21)23(26)27/h4,6-7,9-10,12H,5,8,11,13H2,1-3H3,(H,22,24). The summed E-state index contributed by atoms with van der Waals surface area (Å²) in [4.78, 5) is 34.5. The Morgan fingerprint density at radius 3 is 2.59 bits per heavy atom. The summed E-state index contributed by atoms with van der Waals surface area (Å²) in [6.07, 6.45) is 0.541. The lowest BCUT2D eigenvalue weighted by atomic mass is 10.1. The predicted octanol–water partition coefficient (Wildman–Crippen LogP) is 3.86. The number of ether oxygens (including phenoxy) is 2. The van der Waals surface area contributed by atoms with E-state index >= 15 is 0 Å². The van der Waals surface area contributed by atoms with E-state index in [1.54, 1.807) is 19.9 Å². The predicted molar refractivity (Wildman–Crippen MR) is 108 cm³/mol. The van der Waals surface area contributed by atoms with Crippen molar-refractivity contribution in [2.75, 3.05) is 18.5 Å². The number of esters is 1. The molecular weight excluding hydrogens is 376 g/mol. The molecule has 1 N–H and O–H groups in total. The Bertz CT molecular complexity index is 910. The molecule has 8 nitrogen and oxygen atoms in total. The maximum atomic E-state index is 12.1. The summed E-state index contributed by atoms with van der Waals surface area (Å²) in [5.74, 6) is -0.442. The number of nitro groups is 1. The number of benzene rings is 2. The lowest BCUT2D eigenvalue weighted by molar-refractivity contribution is -0.384. The maximum absolute atomic E-state index is 12.1. The molecule has 0 saturated carbocycles. The average Bonchev–Trinajstić information content (AvgIpc) is 2.67. The summed E-state index contributed by atoms with van der Waals surface area (Å²) in [6.45, 7) is 5.26. The van der Waals surface area contributed by atoms with E-state index in [9.17, 15) is 19.7 Å². The first-order valence-electron chi connectivity index (χ1n) is 9.17.